The van der Waals surface area contributed by atoms with Crippen molar-refractivity contribution < 1.29 is 9.13 Å². The fourth-order valence-electron chi connectivity index (χ4n) is 3.24. The molecule has 1 aliphatic rings. The van der Waals surface area contributed by atoms with Crippen molar-refractivity contribution in [3.8, 4) is 11.6 Å². The number of aromatic nitrogens is 2. The lowest BCUT2D eigenvalue weighted by Gasteiger charge is -2.26. The predicted octanol–water partition coefficient (Wildman–Crippen LogP) is 4.72. The summed E-state index contributed by atoms with van der Waals surface area (Å²) in [6.07, 6.45) is 4.16. The zero-order valence-electron chi connectivity index (χ0n) is 14.8. The van der Waals surface area contributed by atoms with Crippen LogP contribution in [-0.4, -0.2) is 34.5 Å². The van der Waals surface area contributed by atoms with Crippen LogP contribution in [-0.2, 0) is 0 Å². The van der Waals surface area contributed by atoms with Gasteiger partial charge in [0.2, 0.25) is 11.8 Å². The molecule has 1 aliphatic heterocycles. The third-order valence-electron chi connectivity index (χ3n) is 4.57. The first-order valence-corrected chi connectivity index (χ1v) is 9.94. The van der Waals surface area contributed by atoms with Crippen LogP contribution in [0.3, 0.4) is 0 Å². The Morgan fingerprint density at radius 2 is 1.96 bits per heavy atom. The predicted molar refractivity (Wildman–Crippen MR) is 105 cm³/mol. The topological polar surface area (TPSA) is 50.3 Å². The first-order chi connectivity index (χ1) is 13.3. The van der Waals surface area contributed by atoms with E-state index in [4.69, 9.17) is 4.74 Å². The van der Waals surface area contributed by atoms with Crippen LogP contribution in [0, 0.1) is 5.82 Å². The molecular weight excluding hydrogens is 363 g/mol. The number of hydrogen-bond acceptors (Lipinski definition) is 6. The van der Waals surface area contributed by atoms with E-state index in [1.54, 1.807) is 35.7 Å². The maximum absolute atomic E-state index is 13.0. The third kappa shape index (κ3) is 4.61. The molecule has 3 heterocycles. The average molecular weight is 384 g/mol. The van der Waals surface area contributed by atoms with Crippen molar-refractivity contribution in [2.45, 2.75) is 18.9 Å². The van der Waals surface area contributed by atoms with Crippen molar-refractivity contribution in [1.82, 2.24) is 14.9 Å². The molecule has 0 bridgehead atoms. The fraction of sp³-hybridized carbons (Fsp3) is 0.300. The summed E-state index contributed by atoms with van der Waals surface area (Å²) < 4.78 is 18.7. The van der Waals surface area contributed by atoms with E-state index in [1.807, 2.05) is 0 Å². The molecule has 0 aliphatic carbocycles. The van der Waals surface area contributed by atoms with Crippen molar-refractivity contribution in [3.05, 3.63) is 64.7 Å². The van der Waals surface area contributed by atoms with Gasteiger partial charge in [0.05, 0.1) is 6.04 Å². The van der Waals surface area contributed by atoms with E-state index in [0.29, 0.717) is 23.6 Å². The minimum absolute atomic E-state index is 0.297. The van der Waals surface area contributed by atoms with Gasteiger partial charge in [-0.25, -0.2) is 9.37 Å². The van der Waals surface area contributed by atoms with Crippen LogP contribution >= 0.6 is 11.3 Å². The van der Waals surface area contributed by atoms with Crippen LogP contribution in [0.4, 0.5) is 10.3 Å². The van der Waals surface area contributed by atoms with Gasteiger partial charge in [-0.1, -0.05) is 6.07 Å². The van der Waals surface area contributed by atoms with Crippen LogP contribution in [0.5, 0.6) is 11.6 Å². The Balaban J connectivity index is 1.43. The third-order valence-corrected chi connectivity index (χ3v) is 5.55. The van der Waals surface area contributed by atoms with Crippen molar-refractivity contribution in [2.75, 3.05) is 25.0 Å². The molecule has 3 aromatic rings. The summed E-state index contributed by atoms with van der Waals surface area (Å²) in [5.41, 5.74) is 0. The maximum atomic E-state index is 13.0. The molecule has 140 valence electrons. The average Bonchev–Trinajstić information content (AvgIpc) is 3.39. The maximum Gasteiger partial charge on any atom is 0.226 e. The number of anilines is 1. The van der Waals surface area contributed by atoms with Crippen LogP contribution in [0.1, 0.15) is 23.8 Å². The van der Waals surface area contributed by atoms with E-state index >= 15 is 0 Å². The number of ether oxygens (including phenoxy) is 1. The molecule has 5 nitrogen and oxygen atoms in total. The van der Waals surface area contributed by atoms with Crippen LogP contribution in [0.15, 0.2) is 54.0 Å². The molecule has 0 saturated carbocycles. The van der Waals surface area contributed by atoms with Gasteiger partial charge in [-0.05, 0) is 61.6 Å². The largest absolute Gasteiger partial charge is 0.439 e. The number of halogens is 1. The lowest BCUT2D eigenvalue weighted by molar-refractivity contribution is 0.259. The molecule has 1 saturated heterocycles. The molecular formula is C20H21FN4OS. The Kier molecular flexibility index (Phi) is 5.60. The molecule has 0 amide bonds. The summed E-state index contributed by atoms with van der Waals surface area (Å²) in [5, 5.41) is 5.47. The van der Waals surface area contributed by atoms with E-state index in [-0.39, 0.29) is 5.82 Å². The summed E-state index contributed by atoms with van der Waals surface area (Å²) in [6.45, 7) is 2.98. The van der Waals surface area contributed by atoms with E-state index < -0.39 is 0 Å². The summed E-state index contributed by atoms with van der Waals surface area (Å²) in [6, 6.07) is 12.1. The molecule has 0 radical (unpaired) electrons. The highest BCUT2D eigenvalue weighted by Crippen LogP contribution is 2.28. The normalized spacial score (nSPS) is 15.6. The molecule has 1 atom stereocenters. The zero-order chi connectivity index (χ0) is 18.5. The standard InChI is InChI=1S/C20H21FN4OS/c21-15-5-7-16(8-6-15)26-19-9-10-22-20(24-19)23-14-17(18-4-3-13-27-18)25-11-1-2-12-25/h3-10,13,17H,1-2,11-12,14H2,(H,22,23,24). The van der Waals surface area contributed by atoms with Crippen molar-refractivity contribution >= 4 is 17.3 Å². The number of nitrogens with zero attached hydrogens (tertiary/aromatic N) is 3. The minimum atomic E-state index is -0.297. The van der Waals surface area contributed by atoms with Crippen molar-refractivity contribution in [3.63, 3.8) is 0 Å². The lowest BCUT2D eigenvalue weighted by Crippen LogP contribution is -2.30. The van der Waals surface area contributed by atoms with Gasteiger partial charge in [0, 0.05) is 23.7 Å². The number of benzene rings is 1. The molecule has 1 aromatic carbocycles. The number of likely N-dealkylation sites (tertiary alicyclic amines) is 1. The van der Waals surface area contributed by atoms with Gasteiger partial charge in [0.1, 0.15) is 11.6 Å². The van der Waals surface area contributed by atoms with Gasteiger partial charge in [-0.2, -0.15) is 4.98 Å². The minimum Gasteiger partial charge on any atom is -0.439 e. The number of nitrogens with one attached hydrogen (secondary N) is 1. The number of thiophene rings is 1. The summed E-state index contributed by atoms with van der Waals surface area (Å²) in [4.78, 5) is 12.6. The highest BCUT2D eigenvalue weighted by molar-refractivity contribution is 7.10. The monoisotopic (exact) mass is 384 g/mol. The SMILES string of the molecule is Fc1ccc(Oc2ccnc(NCC(c3cccs3)N3CCCC3)n2)cc1. The molecule has 0 spiro atoms. The molecule has 1 N–H and O–H groups in total. The van der Waals surface area contributed by atoms with Crippen LogP contribution in [0.25, 0.3) is 0 Å². The molecule has 4 rings (SSSR count). The van der Waals surface area contributed by atoms with Gasteiger partial charge >= 0.3 is 0 Å². The Bertz CT molecular complexity index is 851. The van der Waals surface area contributed by atoms with Crippen molar-refractivity contribution in [2.24, 2.45) is 0 Å². The second-order valence-corrected chi connectivity index (χ2v) is 7.41. The van der Waals surface area contributed by atoms with E-state index in [2.05, 4.69) is 37.7 Å². The number of hydrogen-bond donors (Lipinski definition) is 1. The van der Waals surface area contributed by atoms with Gasteiger partial charge in [0.15, 0.2) is 0 Å². The highest BCUT2D eigenvalue weighted by atomic mass is 32.1. The molecule has 7 heteroatoms. The van der Waals surface area contributed by atoms with E-state index in [9.17, 15) is 4.39 Å². The van der Waals surface area contributed by atoms with E-state index in [1.165, 1.54) is 29.9 Å². The Morgan fingerprint density at radius 1 is 1.15 bits per heavy atom. The van der Waals surface area contributed by atoms with Gasteiger partial charge < -0.3 is 10.1 Å². The fourth-order valence-corrected chi connectivity index (χ4v) is 4.10. The van der Waals surface area contributed by atoms with Crippen molar-refractivity contribution in [1.29, 1.82) is 0 Å². The molecule has 1 fully saturated rings. The first kappa shape index (κ1) is 17.9. The summed E-state index contributed by atoms with van der Waals surface area (Å²) >= 11 is 1.78. The summed E-state index contributed by atoms with van der Waals surface area (Å²) in [5.74, 6) is 1.19. The molecule has 27 heavy (non-hydrogen) atoms. The van der Waals surface area contributed by atoms with Crippen LogP contribution in [0.2, 0.25) is 0 Å². The Morgan fingerprint density at radius 3 is 2.70 bits per heavy atom. The van der Waals surface area contributed by atoms with Gasteiger partial charge in [0.25, 0.3) is 0 Å². The first-order valence-electron chi connectivity index (χ1n) is 9.06. The zero-order valence-corrected chi connectivity index (χ0v) is 15.7. The quantitative estimate of drug-likeness (QED) is 0.639. The van der Waals surface area contributed by atoms with E-state index in [0.717, 1.165) is 19.6 Å². The Hall–Kier alpha value is -2.51. The molecule has 1 unspecified atom stereocenters. The van der Waals surface area contributed by atoms with Gasteiger partial charge in [-0.15, -0.1) is 11.3 Å². The van der Waals surface area contributed by atoms with Crippen LogP contribution < -0.4 is 10.1 Å². The lowest BCUT2D eigenvalue weighted by atomic mass is 10.2. The second kappa shape index (κ2) is 8.45. The Labute approximate surface area is 161 Å². The van der Waals surface area contributed by atoms with Gasteiger partial charge in [-0.3, -0.25) is 4.90 Å². The second-order valence-electron chi connectivity index (χ2n) is 6.43. The smallest absolute Gasteiger partial charge is 0.226 e. The molecule has 2 aromatic heterocycles. The summed E-state index contributed by atoms with van der Waals surface area (Å²) in [7, 11) is 0. The number of rotatable bonds is 7. The highest BCUT2D eigenvalue weighted by Gasteiger charge is 2.24.